The van der Waals surface area contributed by atoms with Crippen LogP contribution in [0.3, 0.4) is 0 Å². The lowest BCUT2D eigenvalue weighted by Gasteiger charge is -2.20. The fourth-order valence-corrected chi connectivity index (χ4v) is 4.36. The van der Waals surface area contributed by atoms with E-state index in [4.69, 9.17) is 11.8 Å². The van der Waals surface area contributed by atoms with Gasteiger partial charge in [0.1, 0.15) is 9.85 Å². The Bertz CT molecular complexity index is 977. The molecule has 0 fully saturated rings. The Balaban J connectivity index is 1.97. The van der Waals surface area contributed by atoms with E-state index in [9.17, 15) is 14.6 Å². The van der Waals surface area contributed by atoms with Gasteiger partial charge >= 0.3 is 0 Å². The fraction of sp³-hybridized carbons (Fsp3) is 0.154. The Kier molecular flexibility index (Phi) is 6.05. The molecule has 3 rings (SSSR count). The van der Waals surface area contributed by atoms with Crippen molar-refractivity contribution in [2.45, 2.75) is 15.2 Å². The van der Waals surface area contributed by atoms with E-state index in [1.165, 1.54) is 6.33 Å². The van der Waals surface area contributed by atoms with Gasteiger partial charge in [-0.1, -0.05) is 17.7 Å². The first-order valence-corrected chi connectivity index (χ1v) is 9.87. The van der Waals surface area contributed by atoms with Gasteiger partial charge < -0.3 is 10.3 Å². The Morgan fingerprint density at radius 2 is 2.11 bits per heavy atom. The molecule has 3 aromatic rings. The average Bonchev–Trinajstić information content (AvgIpc) is 3.04. The number of aromatic nitrogens is 4. The minimum absolute atomic E-state index is 0.0159. The van der Waals surface area contributed by atoms with Gasteiger partial charge in [-0.05, 0) is 51.4 Å². The van der Waals surface area contributed by atoms with Gasteiger partial charge in [-0.15, -0.1) is 4.48 Å². The van der Waals surface area contributed by atoms with Crippen LogP contribution in [0.4, 0.5) is 16.0 Å². The number of hydrogen-bond acceptors (Lipinski definition) is 9. The first kappa shape index (κ1) is 20.1. The average molecular weight is 495 g/mol. The van der Waals surface area contributed by atoms with Crippen LogP contribution in [0.5, 0.6) is 0 Å². The minimum atomic E-state index is -1.97. The van der Waals surface area contributed by atoms with Crippen LogP contribution in [0.1, 0.15) is 5.56 Å². The summed E-state index contributed by atoms with van der Waals surface area (Å²) in [6, 6.07) is 7.59. The number of nitro groups is 1. The molecule has 1 atom stereocenters. The number of halogens is 3. The third kappa shape index (κ3) is 4.79. The maximum Gasteiger partial charge on any atom is 0.289 e. The summed E-state index contributed by atoms with van der Waals surface area (Å²) in [5.74, 6) is 0.379. The molecule has 2 aromatic heterocycles. The van der Waals surface area contributed by atoms with E-state index in [-0.39, 0.29) is 21.7 Å². The molecule has 0 bridgehead atoms. The van der Waals surface area contributed by atoms with E-state index in [1.54, 1.807) is 0 Å². The van der Waals surface area contributed by atoms with Crippen molar-refractivity contribution in [2.24, 2.45) is 0 Å². The Labute approximate surface area is 173 Å². The van der Waals surface area contributed by atoms with Crippen LogP contribution >= 0.6 is 51.4 Å². The largest absolute Gasteiger partial charge is 0.340 e. The number of benzene rings is 1. The number of fused-ring (bicyclic) bond motifs is 1. The van der Waals surface area contributed by atoms with E-state index >= 15 is 0 Å². The second-order valence-electron chi connectivity index (χ2n) is 5.10. The zero-order valence-corrected chi connectivity index (χ0v) is 17.4. The summed E-state index contributed by atoms with van der Waals surface area (Å²) in [4.78, 5) is 26.3. The van der Waals surface area contributed by atoms with Gasteiger partial charge in [-0.3, -0.25) is 10.1 Å². The highest BCUT2D eigenvalue weighted by Gasteiger charge is 2.46. The molecule has 0 aliphatic rings. The number of aromatic amines is 1. The number of alkyl halides is 1. The van der Waals surface area contributed by atoms with Crippen molar-refractivity contribution < 1.29 is 8.81 Å². The summed E-state index contributed by atoms with van der Waals surface area (Å²) in [5.41, 5.74) is 2.70. The highest BCUT2D eigenvalue weighted by molar-refractivity contribution is 9.13. The first-order valence-electron chi connectivity index (χ1n) is 7.15. The SMILES string of the molecule is Cc1ccc(Nc2nc(SC(Br)(S[N+](=O)[O-])N(F)Cl)nc3nc[nH]c23)cc1. The number of nitrogens with one attached hydrogen (secondary N) is 2. The normalized spacial score (nSPS) is 13.7. The van der Waals surface area contributed by atoms with Gasteiger partial charge in [0.05, 0.1) is 6.33 Å². The fourth-order valence-electron chi connectivity index (χ4n) is 2.01. The van der Waals surface area contributed by atoms with Gasteiger partial charge in [0, 0.05) is 17.5 Å². The Morgan fingerprint density at radius 3 is 2.74 bits per heavy atom. The number of H-pyrrole nitrogens is 1. The monoisotopic (exact) mass is 493 g/mol. The number of anilines is 2. The summed E-state index contributed by atoms with van der Waals surface area (Å²) in [6.07, 6.45) is 1.43. The lowest BCUT2D eigenvalue weighted by Crippen LogP contribution is -2.26. The van der Waals surface area contributed by atoms with Gasteiger partial charge in [-0.2, -0.15) is 0 Å². The molecule has 2 heterocycles. The van der Waals surface area contributed by atoms with Gasteiger partial charge in [0.25, 0.3) is 15.1 Å². The number of imidazole rings is 1. The summed E-state index contributed by atoms with van der Waals surface area (Å²) in [7, 11) is 0. The number of aryl methyl sites for hydroxylation is 1. The molecule has 142 valence electrons. The van der Waals surface area contributed by atoms with Crippen LogP contribution in [0.2, 0.25) is 0 Å². The molecule has 1 unspecified atom stereocenters. The standard InChI is InChI=1S/C13H10BrClFN7O2S2/c1-7-2-4-8(5-3-7)19-11-9-10(18-6-17-9)20-12(21-11)26-13(14,22(15)16)27-23(24)25/h2-6H,1H3,(H2,17,18,19,20,21). The number of thioether (sulfide) groups is 1. The summed E-state index contributed by atoms with van der Waals surface area (Å²) in [5, 5.41) is 14.0. The topological polar surface area (TPSA) is 113 Å². The highest BCUT2D eigenvalue weighted by atomic mass is 79.9. The molecular weight excluding hydrogens is 485 g/mol. The zero-order valence-electron chi connectivity index (χ0n) is 13.4. The molecule has 0 aliphatic heterocycles. The third-order valence-corrected chi connectivity index (χ3v) is 6.86. The quantitative estimate of drug-likeness (QED) is 0.0552. The maximum absolute atomic E-state index is 13.6. The van der Waals surface area contributed by atoms with E-state index in [2.05, 4.69) is 41.2 Å². The van der Waals surface area contributed by atoms with Crippen LogP contribution in [0, 0.1) is 17.0 Å². The molecule has 14 heteroatoms. The molecule has 0 spiro atoms. The van der Waals surface area contributed by atoms with E-state index in [0.29, 0.717) is 28.7 Å². The van der Waals surface area contributed by atoms with Crippen molar-refractivity contribution in [3.05, 3.63) is 46.3 Å². The highest BCUT2D eigenvalue weighted by Crippen LogP contribution is 2.50. The molecule has 0 amide bonds. The second-order valence-corrected chi connectivity index (χ2v) is 10.1. The zero-order chi connectivity index (χ0) is 19.6. The molecule has 9 nitrogen and oxygen atoms in total. The molecule has 1 aromatic carbocycles. The van der Waals surface area contributed by atoms with E-state index < -0.39 is 7.44 Å². The Hall–Kier alpha value is -1.67. The van der Waals surface area contributed by atoms with Crippen molar-refractivity contribution in [1.82, 2.24) is 24.6 Å². The third-order valence-electron chi connectivity index (χ3n) is 3.19. The molecule has 0 aliphatic carbocycles. The first-order chi connectivity index (χ1) is 12.8. The summed E-state index contributed by atoms with van der Waals surface area (Å²) >= 11 is 8.89. The van der Waals surface area contributed by atoms with Gasteiger partial charge in [0.15, 0.2) is 16.6 Å². The van der Waals surface area contributed by atoms with Crippen LogP contribution in [-0.4, -0.2) is 32.0 Å². The predicted molar refractivity (Wildman–Crippen MR) is 107 cm³/mol. The van der Waals surface area contributed by atoms with E-state index in [1.807, 2.05) is 31.2 Å². The van der Waals surface area contributed by atoms with Crippen molar-refractivity contribution in [1.29, 1.82) is 0 Å². The molecular formula is C13H10BrClFN7O2S2. The smallest absolute Gasteiger partial charge is 0.289 e. The van der Waals surface area contributed by atoms with Crippen molar-refractivity contribution >= 4 is 74.1 Å². The van der Waals surface area contributed by atoms with Crippen molar-refractivity contribution in [3.8, 4) is 0 Å². The lowest BCUT2D eigenvalue weighted by molar-refractivity contribution is -0.286. The molecule has 0 saturated carbocycles. The molecule has 27 heavy (non-hydrogen) atoms. The molecule has 0 radical (unpaired) electrons. The second kappa shape index (κ2) is 8.14. The van der Waals surface area contributed by atoms with Crippen LogP contribution < -0.4 is 5.32 Å². The molecule has 2 N–H and O–H groups in total. The van der Waals surface area contributed by atoms with Crippen LogP contribution in [0.25, 0.3) is 11.2 Å². The summed E-state index contributed by atoms with van der Waals surface area (Å²) < 4.78 is 10.5. The number of nitrogens with zero attached hydrogens (tertiary/aromatic N) is 5. The van der Waals surface area contributed by atoms with Crippen molar-refractivity contribution in [3.63, 3.8) is 0 Å². The molecule has 0 saturated heterocycles. The minimum Gasteiger partial charge on any atom is -0.340 e. The number of hydrogen-bond donors (Lipinski definition) is 2. The van der Waals surface area contributed by atoms with E-state index in [0.717, 1.165) is 11.3 Å². The lowest BCUT2D eigenvalue weighted by atomic mass is 10.2. The van der Waals surface area contributed by atoms with Crippen LogP contribution in [0.15, 0.2) is 35.7 Å². The van der Waals surface area contributed by atoms with Gasteiger partial charge in [0.2, 0.25) is 0 Å². The predicted octanol–water partition coefficient (Wildman–Crippen LogP) is 4.77. The van der Waals surface area contributed by atoms with Gasteiger partial charge in [-0.25, -0.2) is 15.0 Å². The Morgan fingerprint density at radius 1 is 1.41 bits per heavy atom. The summed E-state index contributed by atoms with van der Waals surface area (Å²) in [6.45, 7) is 1.97. The van der Waals surface area contributed by atoms with Crippen LogP contribution in [-0.2, 0) is 0 Å². The maximum atomic E-state index is 13.6. The van der Waals surface area contributed by atoms with Crippen molar-refractivity contribution in [2.75, 3.05) is 5.32 Å². The number of rotatable bonds is 7.